The van der Waals surface area contributed by atoms with Crippen molar-refractivity contribution in [1.29, 1.82) is 0 Å². The van der Waals surface area contributed by atoms with Gasteiger partial charge in [-0.25, -0.2) is 13.1 Å². The third kappa shape index (κ3) is 3.13. The van der Waals surface area contributed by atoms with Gasteiger partial charge < -0.3 is 4.42 Å². The van der Waals surface area contributed by atoms with Crippen molar-refractivity contribution >= 4 is 21.0 Å². The molecule has 1 N–H and O–H groups in total. The van der Waals surface area contributed by atoms with Crippen molar-refractivity contribution in [2.75, 3.05) is 0 Å². The van der Waals surface area contributed by atoms with E-state index >= 15 is 0 Å². The van der Waals surface area contributed by atoms with Crippen molar-refractivity contribution in [2.45, 2.75) is 31.2 Å². The Morgan fingerprint density at radius 2 is 1.91 bits per heavy atom. The van der Waals surface area contributed by atoms with Crippen molar-refractivity contribution < 1.29 is 12.8 Å². The highest BCUT2D eigenvalue weighted by Gasteiger charge is 2.28. The van der Waals surface area contributed by atoms with Crippen LogP contribution < -0.4 is 4.72 Å². The minimum Gasteiger partial charge on any atom is -0.464 e. The normalized spacial score (nSPS) is 12.7. The zero-order valence-corrected chi connectivity index (χ0v) is 14.0. The molecule has 0 unspecified atom stereocenters. The number of pyridine rings is 1. The average Bonchev–Trinajstić information content (AvgIpc) is 2.94. The standard InChI is InChI=1S/C17H18N2O3S/c1-12-4-5-14(11-18-12)17(2,3)19-23(20,21)15-6-7-16-13(10-15)8-9-22-16/h4-11,19H,1-3H3. The Hall–Kier alpha value is -2.18. The number of aryl methyl sites for hydroxylation is 1. The van der Waals surface area contributed by atoms with E-state index < -0.39 is 15.6 Å². The maximum absolute atomic E-state index is 12.7. The number of nitrogens with one attached hydrogen (secondary N) is 1. The molecule has 5 nitrogen and oxygen atoms in total. The molecule has 0 spiro atoms. The number of hydrogen-bond acceptors (Lipinski definition) is 4. The summed E-state index contributed by atoms with van der Waals surface area (Å²) in [5, 5.41) is 0.752. The highest BCUT2D eigenvalue weighted by atomic mass is 32.2. The lowest BCUT2D eigenvalue weighted by atomic mass is 9.97. The fraction of sp³-hybridized carbons (Fsp3) is 0.235. The maximum Gasteiger partial charge on any atom is 0.241 e. The Morgan fingerprint density at radius 3 is 2.61 bits per heavy atom. The fourth-order valence-corrected chi connectivity index (χ4v) is 3.84. The van der Waals surface area contributed by atoms with Crippen LogP contribution in [0.4, 0.5) is 0 Å². The number of rotatable bonds is 4. The molecule has 120 valence electrons. The Kier molecular flexibility index (Phi) is 3.74. The first kappa shape index (κ1) is 15.7. The molecule has 0 aliphatic rings. The van der Waals surface area contributed by atoms with Crippen LogP contribution in [0.1, 0.15) is 25.1 Å². The summed E-state index contributed by atoms with van der Waals surface area (Å²) in [6, 6.07) is 10.3. The van der Waals surface area contributed by atoms with E-state index in [1.54, 1.807) is 24.4 Å². The molecule has 0 saturated carbocycles. The molecule has 3 aromatic rings. The first-order valence-electron chi connectivity index (χ1n) is 7.22. The van der Waals surface area contributed by atoms with Gasteiger partial charge in [0.15, 0.2) is 0 Å². The largest absolute Gasteiger partial charge is 0.464 e. The Labute approximate surface area is 135 Å². The number of furan rings is 1. The van der Waals surface area contributed by atoms with Gasteiger partial charge >= 0.3 is 0 Å². The van der Waals surface area contributed by atoms with E-state index in [1.807, 2.05) is 32.9 Å². The number of hydrogen-bond donors (Lipinski definition) is 1. The molecule has 0 radical (unpaired) electrons. The highest BCUT2D eigenvalue weighted by molar-refractivity contribution is 7.89. The number of aromatic nitrogens is 1. The summed E-state index contributed by atoms with van der Waals surface area (Å²) in [6.45, 7) is 5.52. The number of sulfonamides is 1. The highest BCUT2D eigenvalue weighted by Crippen LogP contribution is 2.25. The molecule has 0 bridgehead atoms. The molecule has 0 atom stereocenters. The third-order valence-electron chi connectivity index (χ3n) is 3.76. The van der Waals surface area contributed by atoms with Gasteiger partial charge in [-0.05, 0) is 56.7 Å². The summed E-state index contributed by atoms with van der Waals surface area (Å²) in [6.07, 6.45) is 3.23. The lowest BCUT2D eigenvalue weighted by molar-refractivity contribution is 0.470. The van der Waals surface area contributed by atoms with Gasteiger partial charge in [0.05, 0.1) is 16.7 Å². The minimum absolute atomic E-state index is 0.208. The molecule has 0 fully saturated rings. The predicted molar refractivity (Wildman–Crippen MR) is 88.5 cm³/mol. The molecule has 2 heterocycles. The second kappa shape index (κ2) is 5.47. The SMILES string of the molecule is Cc1ccc(C(C)(C)NS(=O)(=O)c2ccc3occc3c2)cn1. The Balaban J connectivity index is 1.94. The van der Waals surface area contributed by atoms with Crippen molar-refractivity contribution in [3.05, 3.63) is 60.1 Å². The summed E-state index contributed by atoms with van der Waals surface area (Å²) < 4.78 is 33.4. The van der Waals surface area contributed by atoms with Gasteiger partial charge in [-0.15, -0.1) is 0 Å². The number of fused-ring (bicyclic) bond motifs is 1. The summed E-state index contributed by atoms with van der Waals surface area (Å²) >= 11 is 0. The van der Waals surface area contributed by atoms with Crippen LogP contribution in [-0.2, 0) is 15.6 Å². The third-order valence-corrected chi connectivity index (χ3v) is 5.41. The molecule has 0 amide bonds. The van der Waals surface area contributed by atoms with E-state index in [1.165, 1.54) is 12.3 Å². The first-order chi connectivity index (χ1) is 10.8. The zero-order chi connectivity index (χ0) is 16.7. The van der Waals surface area contributed by atoms with Gasteiger partial charge in [-0.1, -0.05) is 6.07 Å². The number of nitrogens with zero attached hydrogens (tertiary/aromatic N) is 1. The summed E-state index contributed by atoms with van der Waals surface area (Å²) in [4.78, 5) is 4.44. The second-order valence-corrected chi connectivity index (χ2v) is 7.72. The molecule has 0 aliphatic carbocycles. The van der Waals surface area contributed by atoms with E-state index in [2.05, 4.69) is 9.71 Å². The molecule has 0 saturated heterocycles. The van der Waals surface area contributed by atoms with Crippen LogP contribution in [0, 0.1) is 6.92 Å². The lowest BCUT2D eigenvalue weighted by Crippen LogP contribution is -2.41. The van der Waals surface area contributed by atoms with Crippen LogP contribution >= 0.6 is 0 Å². The summed E-state index contributed by atoms with van der Waals surface area (Å²) in [7, 11) is -3.67. The molecule has 1 aromatic carbocycles. The first-order valence-corrected chi connectivity index (χ1v) is 8.71. The monoisotopic (exact) mass is 330 g/mol. The van der Waals surface area contributed by atoms with Crippen LogP contribution in [-0.4, -0.2) is 13.4 Å². The van der Waals surface area contributed by atoms with Gasteiger partial charge in [0.2, 0.25) is 10.0 Å². The molecule has 6 heteroatoms. The van der Waals surface area contributed by atoms with Crippen molar-refractivity contribution in [3.63, 3.8) is 0 Å². The molecular formula is C17H18N2O3S. The summed E-state index contributed by atoms with van der Waals surface area (Å²) in [5.41, 5.74) is 1.57. The van der Waals surface area contributed by atoms with Gasteiger partial charge in [0, 0.05) is 17.3 Å². The van der Waals surface area contributed by atoms with Gasteiger partial charge in [0.25, 0.3) is 0 Å². The predicted octanol–water partition coefficient (Wildman–Crippen LogP) is 3.35. The second-order valence-electron chi connectivity index (χ2n) is 6.04. The molecular weight excluding hydrogens is 312 g/mol. The van der Waals surface area contributed by atoms with Crippen molar-refractivity contribution in [1.82, 2.24) is 9.71 Å². The van der Waals surface area contributed by atoms with E-state index in [0.29, 0.717) is 5.58 Å². The molecule has 23 heavy (non-hydrogen) atoms. The van der Waals surface area contributed by atoms with Crippen LogP contribution in [0.5, 0.6) is 0 Å². The average molecular weight is 330 g/mol. The molecule has 3 rings (SSSR count). The summed E-state index contributed by atoms with van der Waals surface area (Å²) in [5.74, 6) is 0. The number of benzene rings is 1. The van der Waals surface area contributed by atoms with Crippen LogP contribution in [0.2, 0.25) is 0 Å². The quantitative estimate of drug-likeness (QED) is 0.796. The van der Waals surface area contributed by atoms with E-state index in [9.17, 15) is 8.42 Å². The topological polar surface area (TPSA) is 72.2 Å². The van der Waals surface area contributed by atoms with Crippen LogP contribution in [0.15, 0.2) is 58.2 Å². The molecule has 0 aliphatic heterocycles. The van der Waals surface area contributed by atoms with Gasteiger partial charge in [-0.2, -0.15) is 0 Å². The Morgan fingerprint density at radius 1 is 1.13 bits per heavy atom. The smallest absolute Gasteiger partial charge is 0.241 e. The van der Waals surface area contributed by atoms with Gasteiger partial charge in [0.1, 0.15) is 5.58 Å². The van der Waals surface area contributed by atoms with Crippen molar-refractivity contribution in [3.8, 4) is 0 Å². The maximum atomic E-state index is 12.7. The fourth-order valence-electron chi connectivity index (χ4n) is 2.40. The van der Waals surface area contributed by atoms with E-state index in [0.717, 1.165) is 16.6 Å². The zero-order valence-electron chi connectivity index (χ0n) is 13.2. The van der Waals surface area contributed by atoms with E-state index in [4.69, 9.17) is 4.42 Å². The van der Waals surface area contributed by atoms with Crippen LogP contribution in [0.25, 0.3) is 11.0 Å². The molecule has 2 aromatic heterocycles. The van der Waals surface area contributed by atoms with E-state index in [-0.39, 0.29) is 4.90 Å². The van der Waals surface area contributed by atoms with Gasteiger partial charge in [-0.3, -0.25) is 4.98 Å². The van der Waals surface area contributed by atoms with Crippen LogP contribution in [0.3, 0.4) is 0 Å². The lowest BCUT2D eigenvalue weighted by Gasteiger charge is -2.26. The minimum atomic E-state index is -3.67. The van der Waals surface area contributed by atoms with Crippen molar-refractivity contribution in [2.24, 2.45) is 0 Å². The Bertz CT molecular complexity index is 941.